The van der Waals surface area contributed by atoms with Gasteiger partial charge in [0.05, 0.1) is 11.8 Å². The summed E-state index contributed by atoms with van der Waals surface area (Å²) in [6, 6.07) is 9.96. The lowest BCUT2D eigenvalue weighted by Crippen LogP contribution is -2.45. The molecule has 0 bridgehead atoms. The molecule has 4 rings (SSSR count). The van der Waals surface area contributed by atoms with Gasteiger partial charge in [-0.3, -0.25) is 0 Å². The number of ether oxygens (including phenoxy) is 1. The lowest BCUT2D eigenvalue weighted by molar-refractivity contribution is -0.0355. The largest absolute Gasteiger partial charge is 0.396 e. The maximum atomic E-state index is 10.1. The second kappa shape index (κ2) is 7.72. The summed E-state index contributed by atoms with van der Waals surface area (Å²) in [7, 11) is 0. The summed E-state index contributed by atoms with van der Waals surface area (Å²) in [5, 5.41) is 22.4. The number of para-hydroxylation sites is 1. The lowest BCUT2D eigenvalue weighted by Gasteiger charge is -2.43. The van der Waals surface area contributed by atoms with Gasteiger partial charge < -0.3 is 14.7 Å². The van der Waals surface area contributed by atoms with Crippen LogP contribution < -0.4 is 4.90 Å². The summed E-state index contributed by atoms with van der Waals surface area (Å²) in [5.74, 6) is 0.775. The highest BCUT2D eigenvalue weighted by atomic mass is 16.5. The molecule has 0 saturated carbocycles. The molecule has 1 aromatic heterocycles. The first-order valence-electron chi connectivity index (χ1n) is 9.61. The molecule has 1 atom stereocenters. The van der Waals surface area contributed by atoms with Gasteiger partial charge in [0.15, 0.2) is 0 Å². The van der Waals surface area contributed by atoms with Crippen molar-refractivity contribution in [3.63, 3.8) is 0 Å². The zero-order chi connectivity index (χ0) is 17.8. The van der Waals surface area contributed by atoms with Crippen molar-refractivity contribution in [1.82, 2.24) is 20.2 Å². The topological polar surface area (TPSA) is 76.3 Å². The molecule has 0 aliphatic carbocycles. The Morgan fingerprint density at radius 3 is 2.65 bits per heavy atom. The lowest BCUT2D eigenvalue weighted by atomic mass is 9.74. The number of nitrogens with zero attached hydrogens (tertiary/aromatic N) is 5. The zero-order valence-corrected chi connectivity index (χ0v) is 15.1. The Morgan fingerprint density at radius 1 is 1.15 bits per heavy atom. The molecule has 2 saturated heterocycles. The van der Waals surface area contributed by atoms with E-state index in [1.807, 2.05) is 30.3 Å². The predicted octanol–water partition coefficient (Wildman–Crippen LogP) is 2.20. The van der Waals surface area contributed by atoms with Crippen LogP contribution in [0.15, 0.2) is 30.3 Å². The van der Waals surface area contributed by atoms with Crippen molar-refractivity contribution in [3.8, 4) is 5.69 Å². The predicted molar refractivity (Wildman–Crippen MR) is 98.3 cm³/mol. The first-order chi connectivity index (χ1) is 12.8. The van der Waals surface area contributed by atoms with Crippen molar-refractivity contribution >= 4 is 5.95 Å². The third-order valence-electron chi connectivity index (χ3n) is 5.83. The van der Waals surface area contributed by atoms with Crippen molar-refractivity contribution in [1.29, 1.82) is 0 Å². The van der Waals surface area contributed by atoms with E-state index in [4.69, 9.17) is 4.74 Å². The fourth-order valence-corrected chi connectivity index (χ4v) is 4.18. The van der Waals surface area contributed by atoms with Crippen molar-refractivity contribution in [3.05, 3.63) is 30.3 Å². The van der Waals surface area contributed by atoms with Crippen LogP contribution in [0.4, 0.5) is 5.95 Å². The number of aromatic nitrogens is 4. The maximum Gasteiger partial charge on any atom is 0.250 e. The molecule has 2 aliphatic rings. The molecule has 1 aromatic carbocycles. The quantitative estimate of drug-likeness (QED) is 0.884. The van der Waals surface area contributed by atoms with Gasteiger partial charge in [0.2, 0.25) is 5.95 Å². The van der Waals surface area contributed by atoms with Crippen molar-refractivity contribution in [2.75, 3.05) is 31.2 Å². The molecule has 2 aromatic rings. The van der Waals surface area contributed by atoms with E-state index in [2.05, 4.69) is 20.4 Å². The Hall–Kier alpha value is -1.99. The Morgan fingerprint density at radius 2 is 1.96 bits per heavy atom. The minimum Gasteiger partial charge on any atom is -0.396 e. The molecule has 140 valence electrons. The smallest absolute Gasteiger partial charge is 0.250 e. The Bertz CT molecular complexity index is 691. The number of anilines is 1. The molecule has 7 nitrogen and oxygen atoms in total. The van der Waals surface area contributed by atoms with Crippen LogP contribution in [0, 0.1) is 5.41 Å². The van der Waals surface area contributed by atoms with E-state index in [0.717, 1.165) is 57.0 Å². The number of tetrazole rings is 1. The second-order valence-electron chi connectivity index (χ2n) is 7.56. The van der Waals surface area contributed by atoms with Gasteiger partial charge in [0, 0.05) is 26.3 Å². The van der Waals surface area contributed by atoms with Crippen LogP contribution in [0.3, 0.4) is 0 Å². The van der Waals surface area contributed by atoms with E-state index in [1.165, 1.54) is 12.8 Å². The van der Waals surface area contributed by atoms with Crippen molar-refractivity contribution < 1.29 is 9.84 Å². The number of hydrogen-bond donors (Lipinski definition) is 1. The van der Waals surface area contributed by atoms with Crippen molar-refractivity contribution in [2.45, 2.75) is 44.6 Å². The van der Waals surface area contributed by atoms with Gasteiger partial charge in [-0.05, 0) is 66.5 Å². The van der Waals surface area contributed by atoms with Crippen LogP contribution in [-0.2, 0) is 4.74 Å². The second-order valence-corrected chi connectivity index (χ2v) is 7.56. The number of aliphatic hydroxyl groups excluding tert-OH is 1. The molecular formula is C19H27N5O2. The number of hydrogen-bond acceptors (Lipinski definition) is 6. The highest BCUT2D eigenvalue weighted by Gasteiger charge is 2.38. The molecule has 0 spiro atoms. The van der Waals surface area contributed by atoms with E-state index >= 15 is 0 Å². The van der Waals surface area contributed by atoms with Gasteiger partial charge in [0.25, 0.3) is 0 Å². The van der Waals surface area contributed by atoms with Gasteiger partial charge in [-0.1, -0.05) is 23.3 Å². The first-order valence-corrected chi connectivity index (χ1v) is 9.61. The fraction of sp³-hybridized carbons (Fsp3) is 0.632. The summed E-state index contributed by atoms with van der Waals surface area (Å²) in [6.07, 6.45) is 6.66. The van der Waals surface area contributed by atoms with Crippen LogP contribution in [-0.4, -0.2) is 57.7 Å². The Balaban J connectivity index is 1.44. The summed E-state index contributed by atoms with van der Waals surface area (Å²) < 4.78 is 7.71. The Labute approximate surface area is 154 Å². The van der Waals surface area contributed by atoms with E-state index in [9.17, 15) is 5.11 Å². The third kappa shape index (κ3) is 3.59. The molecule has 2 aliphatic heterocycles. The maximum absolute atomic E-state index is 10.1. The molecule has 26 heavy (non-hydrogen) atoms. The molecule has 7 heteroatoms. The monoisotopic (exact) mass is 357 g/mol. The zero-order valence-electron chi connectivity index (χ0n) is 15.1. The summed E-state index contributed by atoms with van der Waals surface area (Å²) in [6.45, 7) is 2.79. The van der Waals surface area contributed by atoms with Crippen LogP contribution in [0.1, 0.15) is 38.5 Å². The average Bonchev–Trinajstić information content (AvgIpc) is 3.20. The SMILES string of the molecule is OCC1(C[C@@H]2CCCCO2)CCN(c2nnnn2-c2ccccc2)CC1. The summed E-state index contributed by atoms with van der Waals surface area (Å²) >= 11 is 0. The summed E-state index contributed by atoms with van der Waals surface area (Å²) in [5.41, 5.74) is 0.922. The van der Waals surface area contributed by atoms with Gasteiger partial charge in [-0.15, -0.1) is 0 Å². The standard InChI is InChI=1S/C19H27N5O2/c25-15-19(14-17-8-4-5-13-26-17)9-11-23(12-10-19)18-20-21-22-24(18)16-6-2-1-3-7-16/h1-3,6-7,17,25H,4-5,8-15H2/t17-/m0/s1. The number of benzene rings is 1. The molecule has 3 heterocycles. The molecular weight excluding hydrogens is 330 g/mol. The van der Waals surface area contributed by atoms with Gasteiger partial charge >= 0.3 is 0 Å². The van der Waals surface area contributed by atoms with Crippen LogP contribution in [0.5, 0.6) is 0 Å². The summed E-state index contributed by atoms with van der Waals surface area (Å²) in [4.78, 5) is 2.22. The van der Waals surface area contributed by atoms with E-state index in [1.54, 1.807) is 4.68 Å². The van der Waals surface area contributed by atoms with Crippen LogP contribution >= 0.6 is 0 Å². The average molecular weight is 357 g/mol. The normalized spacial score (nSPS) is 23.1. The third-order valence-corrected chi connectivity index (χ3v) is 5.83. The highest BCUT2D eigenvalue weighted by molar-refractivity contribution is 5.40. The van der Waals surface area contributed by atoms with Gasteiger partial charge in [-0.25, -0.2) is 0 Å². The first kappa shape index (κ1) is 17.4. The molecule has 2 fully saturated rings. The number of rotatable bonds is 5. The molecule has 1 N–H and O–H groups in total. The number of piperidine rings is 1. The van der Waals surface area contributed by atoms with Gasteiger partial charge in [-0.2, -0.15) is 4.68 Å². The fourth-order valence-electron chi connectivity index (χ4n) is 4.18. The van der Waals surface area contributed by atoms with E-state index in [0.29, 0.717) is 6.10 Å². The molecule has 0 unspecified atom stereocenters. The van der Waals surface area contributed by atoms with E-state index in [-0.39, 0.29) is 12.0 Å². The number of aliphatic hydroxyl groups is 1. The minimum absolute atomic E-state index is 0.0382. The van der Waals surface area contributed by atoms with Gasteiger partial charge in [0.1, 0.15) is 0 Å². The van der Waals surface area contributed by atoms with Crippen LogP contribution in [0.25, 0.3) is 5.69 Å². The molecule has 0 amide bonds. The van der Waals surface area contributed by atoms with Crippen molar-refractivity contribution in [2.24, 2.45) is 5.41 Å². The molecule has 0 radical (unpaired) electrons. The van der Waals surface area contributed by atoms with Crippen LogP contribution in [0.2, 0.25) is 0 Å². The Kier molecular flexibility index (Phi) is 5.17. The van der Waals surface area contributed by atoms with E-state index < -0.39 is 0 Å². The highest BCUT2D eigenvalue weighted by Crippen LogP contribution is 2.39. The minimum atomic E-state index is -0.0382.